The number of hydrogen-bond acceptors (Lipinski definition) is 2. The number of para-hydroxylation sites is 1. The Labute approximate surface area is 140 Å². The van der Waals surface area contributed by atoms with Crippen LogP contribution in [0.25, 0.3) is 0 Å². The first-order valence-electron chi connectivity index (χ1n) is 7.70. The van der Waals surface area contributed by atoms with E-state index in [0.717, 1.165) is 17.7 Å². The van der Waals surface area contributed by atoms with Gasteiger partial charge in [-0.05, 0) is 42.2 Å². The molecule has 2 aromatic rings. The zero-order chi connectivity index (χ0) is 17.9. The van der Waals surface area contributed by atoms with E-state index in [0.29, 0.717) is 5.75 Å². The smallest absolute Gasteiger partial charge is 0.265 e. The van der Waals surface area contributed by atoms with Crippen LogP contribution in [0, 0.1) is 11.6 Å². The first-order chi connectivity index (χ1) is 11.2. The molecule has 0 fully saturated rings. The molecule has 2 rings (SSSR count). The van der Waals surface area contributed by atoms with Crippen molar-refractivity contribution < 1.29 is 18.3 Å². The van der Waals surface area contributed by atoms with Crippen LogP contribution < -0.4 is 10.1 Å². The maximum Gasteiger partial charge on any atom is 0.265 e. The van der Waals surface area contributed by atoms with Gasteiger partial charge in [-0.2, -0.15) is 0 Å². The molecule has 0 aliphatic heterocycles. The standard InChI is InChI=1S/C19H21F2NO2/c1-12(18(23)22-17-15(20)6-5-7-16(17)21)24-14-10-8-13(9-11-14)19(2,3)4/h5-12H,1-4H3,(H,22,23). The van der Waals surface area contributed by atoms with Gasteiger partial charge in [0.1, 0.15) is 23.1 Å². The SMILES string of the molecule is CC(Oc1ccc(C(C)(C)C)cc1)C(=O)Nc1c(F)cccc1F. The zero-order valence-electron chi connectivity index (χ0n) is 14.2. The minimum atomic E-state index is -0.899. The molecule has 1 amide bonds. The predicted octanol–water partition coefficient (Wildman–Crippen LogP) is 4.67. The van der Waals surface area contributed by atoms with Crippen LogP contribution >= 0.6 is 0 Å². The summed E-state index contributed by atoms with van der Waals surface area (Å²) in [6, 6.07) is 10.8. The van der Waals surface area contributed by atoms with Gasteiger partial charge in [-0.3, -0.25) is 4.79 Å². The molecule has 2 aromatic carbocycles. The molecule has 0 bridgehead atoms. The Balaban J connectivity index is 2.04. The highest BCUT2D eigenvalue weighted by molar-refractivity contribution is 5.94. The van der Waals surface area contributed by atoms with Crippen LogP contribution in [0.3, 0.4) is 0 Å². The third-order valence-electron chi connectivity index (χ3n) is 3.61. The van der Waals surface area contributed by atoms with Gasteiger partial charge in [-0.15, -0.1) is 0 Å². The number of carbonyl (C=O) groups excluding carboxylic acids is 1. The summed E-state index contributed by atoms with van der Waals surface area (Å²) in [6.07, 6.45) is -0.899. The molecule has 3 nitrogen and oxygen atoms in total. The maximum atomic E-state index is 13.6. The lowest BCUT2D eigenvalue weighted by Crippen LogP contribution is -2.30. The van der Waals surface area contributed by atoms with Crippen LogP contribution in [-0.2, 0) is 10.2 Å². The van der Waals surface area contributed by atoms with Crippen LogP contribution in [0.5, 0.6) is 5.75 Å². The number of amides is 1. The van der Waals surface area contributed by atoms with E-state index in [1.54, 1.807) is 12.1 Å². The fraction of sp³-hybridized carbons (Fsp3) is 0.316. The van der Waals surface area contributed by atoms with Gasteiger partial charge in [0.2, 0.25) is 0 Å². The van der Waals surface area contributed by atoms with Gasteiger partial charge in [-0.25, -0.2) is 8.78 Å². The van der Waals surface area contributed by atoms with E-state index in [1.165, 1.54) is 13.0 Å². The number of rotatable bonds is 4. The van der Waals surface area contributed by atoms with Gasteiger partial charge in [0, 0.05) is 0 Å². The molecule has 0 saturated heterocycles. The van der Waals surface area contributed by atoms with Crippen molar-refractivity contribution in [2.45, 2.75) is 39.2 Å². The number of hydrogen-bond donors (Lipinski definition) is 1. The topological polar surface area (TPSA) is 38.3 Å². The molecule has 0 spiro atoms. The molecular weight excluding hydrogens is 312 g/mol. The molecule has 5 heteroatoms. The van der Waals surface area contributed by atoms with Crippen molar-refractivity contribution in [2.24, 2.45) is 0 Å². The Morgan fingerprint density at radius 1 is 1.04 bits per heavy atom. The van der Waals surface area contributed by atoms with Crippen molar-refractivity contribution in [2.75, 3.05) is 5.32 Å². The Bertz CT molecular complexity index is 701. The van der Waals surface area contributed by atoms with E-state index in [4.69, 9.17) is 4.74 Å². The summed E-state index contributed by atoms with van der Waals surface area (Å²) >= 11 is 0. The molecule has 24 heavy (non-hydrogen) atoms. The Hall–Kier alpha value is -2.43. The molecular formula is C19H21F2NO2. The van der Waals surface area contributed by atoms with Gasteiger partial charge < -0.3 is 10.1 Å². The molecule has 0 aromatic heterocycles. The summed E-state index contributed by atoms with van der Waals surface area (Å²) in [5.41, 5.74) is 0.686. The number of carbonyl (C=O) groups is 1. The van der Waals surface area contributed by atoms with Crippen molar-refractivity contribution in [1.82, 2.24) is 0 Å². The van der Waals surface area contributed by atoms with E-state index in [-0.39, 0.29) is 5.41 Å². The van der Waals surface area contributed by atoms with E-state index >= 15 is 0 Å². The summed E-state index contributed by atoms with van der Waals surface area (Å²) in [5.74, 6) is -1.77. The van der Waals surface area contributed by atoms with Gasteiger partial charge in [-0.1, -0.05) is 39.0 Å². The molecule has 128 valence electrons. The Morgan fingerprint density at radius 2 is 1.58 bits per heavy atom. The largest absolute Gasteiger partial charge is 0.481 e. The lowest BCUT2D eigenvalue weighted by molar-refractivity contribution is -0.122. The maximum absolute atomic E-state index is 13.6. The van der Waals surface area contributed by atoms with Crippen LogP contribution in [0.1, 0.15) is 33.3 Å². The van der Waals surface area contributed by atoms with Crippen molar-refractivity contribution in [3.63, 3.8) is 0 Å². The molecule has 1 unspecified atom stereocenters. The van der Waals surface area contributed by atoms with E-state index < -0.39 is 29.3 Å². The van der Waals surface area contributed by atoms with Gasteiger partial charge in [0.25, 0.3) is 5.91 Å². The normalized spacial score (nSPS) is 12.6. The highest BCUT2D eigenvalue weighted by Crippen LogP contribution is 2.25. The average Bonchev–Trinajstić information content (AvgIpc) is 2.50. The van der Waals surface area contributed by atoms with Crippen molar-refractivity contribution in [3.8, 4) is 5.75 Å². The van der Waals surface area contributed by atoms with E-state index in [9.17, 15) is 13.6 Å². The molecule has 0 saturated carbocycles. The Kier molecular flexibility index (Phi) is 5.22. The number of halogens is 2. The second kappa shape index (κ2) is 6.99. The lowest BCUT2D eigenvalue weighted by atomic mass is 9.87. The summed E-state index contributed by atoms with van der Waals surface area (Å²) in [5, 5.41) is 2.22. The van der Waals surface area contributed by atoms with Crippen LogP contribution in [0.4, 0.5) is 14.5 Å². The summed E-state index contributed by atoms with van der Waals surface area (Å²) in [7, 11) is 0. The summed E-state index contributed by atoms with van der Waals surface area (Å²) < 4.78 is 32.7. The second-order valence-corrected chi connectivity index (χ2v) is 6.62. The Morgan fingerprint density at radius 3 is 2.08 bits per heavy atom. The first-order valence-corrected chi connectivity index (χ1v) is 7.70. The summed E-state index contributed by atoms with van der Waals surface area (Å²) in [6.45, 7) is 7.82. The second-order valence-electron chi connectivity index (χ2n) is 6.62. The number of benzene rings is 2. The monoisotopic (exact) mass is 333 g/mol. The van der Waals surface area contributed by atoms with Crippen molar-refractivity contribution in [3.05, 3.63) is 59.7 Å². The van der Waals surface area contributed by atoms with Gasteiger partial charge in [0.15, 0.2) is 6.10 Å². The third kappa shape index (κ3) is 4.31. The molecule has 0 aliphatic rings. The van der Waals surface area contributed by atoms with Crippen molar-refractivity contribution in [1.29, 1.82) is 0 Å². The minimum Gasteiger partial charge on any atom is -0.481 e. The number of anilines is 1. The molecule has 1 N–H and O–H groups in total. The van der Waals surface area contributed by atoms with Crippen LogP contribution in [0.15, 0.2) is 42.5 Å². The average molecular weight is 333 g/mol. The van der Waals surface area contributed by atoms with E-state index in [2.05, 4.69) is 26.1 Å². The number of nitrogens with one attached hydrogen (secondary N) is 1. The van der Waals surface area contributed by atoms with Gasteiger partial charge >= 0.3 is 0 Å². The quantitative estimate of drug-likeness (QED) is 0.883. The fourth-order valence-electron chi connectivity index (χ4n) is 2.13. The van der Waals surface area contributed by atoms with E-state index in [1.807, 2.05) is 12.1 Å². The first kappa shape index (κ1) is 17.9. The number of ether oxygens (including phenoxy) is 1. The minimum absolute atomic E-state index is 0.0177. The predicted molar refractivity (Wildman–Crippen MR) is 90.2 cm³/mol. The highest BCUT2D eigenvalue weighted by Gasteiger charge is 2.19. The molecule has 1 atom stereocenters. The lowest BCUT2D eigenvalue weighted by Gasteiger charge is -2.20. The fourth-order valence-corrected chi connectivity index (χ4v) is 2.13. The van der Waals surface area contributed by atoms with Crippen molar-refractivity contribution >= 4 is 11.6 Å². The molecule has 0 heterocycles. The van der Waals surface area contributed by atoms with Crippen LogP contribution in [-0.4, -0.2) is 12.0 Å². The van der Waals surface area contributed by atoms with Crippen LogP contribution in [0.2, 0.25) is 0 Å². The summed E-state index contributed by atoms with van der Waals surface area (Å²) in [4.78, 5) is 12.1. The third-order valence-corrected chi connectivity index (χ3v) is 3.61. The molecule has 0 radical (unpaired) electrons. The highest BCUT2D eigenvalue weighted by atomic mass is 19.1. The zero-order valence-corrected chi connectivity index (χ0v) is 14.2. The van der Waals surface area contributed by atoms with Gasteiger partial charge in [0.05, 0.1) is 0 Å². The molecule has 0 aliphatic carbocycles.